The summed E-state index contributed by atoms with van der Waals surface area (Å²) >= 11 is 0. The summed E-state index contributed by atoms with van der Waals surface area (Å²) < 4.78 is 25.3. The maximum atomic E-state index is 12.2. The van der Waals surface area contributed by atoms with E-state index < -0.39 is 10.0 Å². The number of halogens is 1. The molecule has 1 aliphatic rings. The number of hydrogen-bond acceptors (Lipinski definition) is 4. The lowest BCUT2D eigenvalue weighted by atomic mass is 9.97. The molecule has 1 heterocycles. The highest BCUT2D eigenvalue weighted by Gasteiger charge is 2.22. The van der Waals surface area contributed by atoms with Crippen LogP contribution in [0.15, 0.2) is 29.2 Å². The van der Waals surface area contributed by atoms with E-state index in [9.17, 15) is 13.2 Å². The highest BCUT2D eigenvalue weighted by Crippen LogP contribution is 2.20. The predicted octanol–water partition coefficient (Wildman–Crippen LogP) is 1.30. The molecule has 6 nitrogen and oxygen atoms in total. The standard InChI is InChI=1S/C14H21N3O3S.ClH/c1-17(2)21(19,20)13-5-3-4-12(10-13)16-14(18)11-6-8-15-9-7-11;/h3-5,10-11,15H,6-9H2,1-2H3,(H,16,18);1H. The van der Waals surface area contributed by atoms with Crippen LogP contribution in [-0.2, 0) is 14.8 Å². The summed E-state index contributed by atoms with van der Waals surface area (Å²) in [4.78, 5) is 12.3. The van der Waals surface area contributed by atoms with Gasteiger partial charge in [-0.15, -0.1) is 12.4 Å². The maximum absolute atomic E-state index is 12.2. The Morgan fingerprint density at radius 1 is 1.27 bits per heavy atom. The zero-order chi connectivity index (χ0) is 15.5. The molecule has 124 valence electrons. The minimum absolute atomic E-state index is 0. The smallest absolute Gasteiger partial charge is 0.242 e. The fourth-order valence-corrected chi connectivity index (χ4v) is 3.22. The van der Waals surface area contributed by atoms with Gasteiger partial charge in [0.15, 0.2) is 0 Å². The first-order valence-corrected chi connectivity index (χ1v) is 8.39. The summed E-state index contributed by atoms with van der Waals surface area (Å²) in [6, 6.07) is 6.35. The van der Waals surface area contributed by atoms with E-state index in [4.69, 9.17) is 0 Å². The van der Waals surface area contributed by atoms with Gasteiger partial charge in [0.05, 0.1) is 4.90 Å². The number of nitrogens with one attached hydrogen (secondary N) is 2. The second-order valence-corrected chi connectivity index (χ2v) is 7.48. The van der Waals surface area contributed by atoms with Gasteiger partial charge >= 0.3 is 0 Å². The van der Waals surface area contributed by atoms with Crippen molar-refractivity contribution in [1.29, 1.82) is 0 Å². The lowest BCUT2D eigenvalue weighted by Crippen LogP contribution is -2.34. The Kier molecular flexibility index (Phi) is 6.80. The minimum Gasteiger partial charge on any atom is -0.326 e. The highest BCUT2D eigenvalue weighted by molar-refractivity contribution is 7.89. The third-order valence-electron chi connectivity index (χ3n) is 3.59. The normalized spacial score (nSPS) is 16.1. The maximum Gasteiger partial charge on any atom is 0.242 e. The molecule has 1 aromatic carbocycles. The van der Waals surface area contributed by atoms with Crippen LogP contribution in [0.25, 0.3) is 0 Å². The monoisotopic (exact) mass is 347 g/mol. The zero-order valence-electron chi connectivity index (χ0n) is 12.7. The molecular weight excluding hydrogens is 326 g/mol. The molecule has 2 N–H and O–H groups in total. The fraction of sp³-hybridized carbons (Fsp3) is 0.500. The van der Waals surface area contributed by atoms with E-state index in [0.717, 1.165) is 30.2 Å². The Morgan fingerprint density at radius 2 is 1.91 bits per heavy atom. The number of benzene rings is 1. The first kappa shape index (κ1) is 18.9. The molecule has 22 heavy (non-hydrogen) atoms. The fourth-order valence-electron chi connectivity index (χ4n) is 2.27. The second kappa shape index (κ2) is 7.92. The van der Waals surface area contributed by atoms with Crippen molar-refractivity contribution in [2.75, 3.05) is 32.5 Å². The highest BCUT2D eigenvalue weighted by atomic mass is 35.5. The molecule has 1 amide bonds. The Morgan fingerprint density at radius 3 is 2.50 bits per heavy atom. The Bertz CT molecular complexity index is 614. The van der Waals surface area contributed by atoms with Crippen LogP contribution in [0.3, 0.4) is 0 Å². The number of amides is 1. The SMILES string of the molecule is CN(C)S(=O)(=O)c1cccc(NC(=O)C2CCNCC2)c1.Cl. The molecule has 0 atom stereocenters. The number of rotatable bonds is 4. The molecule has 1 fully saturated rings. The summed E-state index contributed by atoms with van der Waals surface area (Å²) in [6.07, 6.45) is 1.61. The van der Waals surface area contributed by atoms with Crippen molar-refractivity contribution in [3.63, 3.8) is 0 Å². The number of sulfonamides is 1. The summed E-state index contributed by atoms with van der Waals surface area (Å²) in [5.74, 6) is -0.0590. The van der Waals surface area contributed by atoms with Crippen LogP contribution in [0.1, 0.15) is 12.8 Å². The van der Waals surface area contributed by atoms with Gasteiger partial charge in [0.2, 0.25) is 15.9 Å². The van der Waals surface area contributed by atoms with E-state index in [-0.39, 0.29) is 29.1 Å². The van der Waals surface area contributed by atoms with Crippen LogP contribution in [0.4, 0.5) is 5.69 Å². The van der Waals surface area contributed by atoms with Gasteiger partial charge in [-0.2, -0.15) is 0 Å². The Balaban J connectivity index is 0.00000242. The van der Waals surface area contributed by atoms with E-state index in [2.05, 4.69) is 10.6 Å². The molecule has 0 spiro atoms. The number of anilines is 1. The number of piperidine rings is 1. The van der Waals surface area contributed by atoms with E-state index in [1.807, 2.05) is 0 Å². The van der Waals surface area contributed by atoms with Gasteiger partial charge in [-0.25, -0.2) is 12.7 Å². The number of carbonyl (C=O) groups excluding carboxylic acids is 1. The molecule has 0 unspecified atom stereocenters. The summed E-state index contributed by atoms with van der Waals surface area (Å²) in [5, 5.41) is 6.02. The Hall–Kier alpha value is -1.15. The molecule has 1 aliphatic heterocycles. The van der Waals surface area contributed by atoms with E-state index in [0.29, 0.717) is 5.69 Å². The average molecular weight is 348 g/mol. The molecule has 1 saturated heterocycles. The lowest BCUT2D eigenvalue weighted by Gasteiger charge is -2.22. The molecule has 8 heteroatoms. The van der Waals surface area contributed by atoms with Gasteiger partial charge in [-0.05, 0) is 44.1 Å². The van der Waals surface area contributed by atoms with Crippen molar-refractivity contribution in [2.45, 2.75) is 17.7 Å². The van der Waals surface area contributed by atoms with Crippen molar-refractivity contribution in [2.24, 2.45) is 5.92 Å². The van der Waals surface area contributed by atoms with Gasteiger partial charge in [0, 0.05) is 25.7 Å². The van der Waals surface area contributed by atoms with Crippen LogP contribution in [0.5, 0.6) is 0 Å². The van der Waals surface area contributed by atoms with E-state index >= 15 is 0 Å². The Labute approximate surface area is 137 Å². The van der Waals surface area contributed by atoms with Crippen LogP contribution >= 0.6 is 12.4 Å². The first-order valence-electron chi connectivity index (χ1n) is 6.95. The van der Waals surface area contributed by atoms with E-state index in [1.165, 1.54) is 26.2 Å². The third-order valence-corrected chi connectivity index (χ3v) is 5.40. The summed E-state index contributed by atoms with van der Waals surface area (Å²) in [6.45, 7) is 1.68. The van der Waals surface area contributed by atoms with Gasteiger partial charge in [-0.1, -0.05) is 6.07 Å². The molecule has 0 aliphatic carbocycles. The topological polar surface area (TPSA) is 78.5 Å². The number of nitrogens with zero attached hydrogens (tertiary/aromatic N) is 1. The van der Waals surface area contributed by atoms with Gasteiger partial charge < -0.3 is 10.6 Å². The third kappa shape index (κ3) is 4.42. The quantitative estimate of drug-likeness (QED) is 0.860. The largest absolute Gasteiger partial charge is 0.326 e. The summed E-state index contributed by atoms with van der Waals surface area (Å²) in [5.41, 5.74) is 0.515. The molecule has 2 rings (SSSR count). The predicted molar refractivity (Wildman–Crippen MR) is 88.8 cm³/mol. The number of hydrogen-bond donors (Lipinski definition) is 2. The number of carbonyl (C=O) groups is 1. The van der Waals surface area contributed by atoms with Crippen LogP contribution < -0.4 is 10.6 Å². The van der Waals surface area contributed by atoms with Crippen LogP contribution in [-0.4, -0.2) is 45.8 Å². The molecule has 0 bridgehead atoms. The van der Waals surface area contributed by atoms with Gasteiger partial charge in [0.1, 0.15) is 0 Å². The van der Waals surface area contributed by atoms with Crippen molar-refractivity contribution in [3.05, 3.63) is 24.3 Å². The molecule has 1 aromatic rings. The van der Waals surface area contributed by atoms with Crippen LogP contribution in [0, 0.1) is 5.92 Å². The van der Waals surface area contributed by atoms with Crippen molar-refractivity contribution in [3.8, 4) is 0 Å². The molecule has 0 radical (unpaired) electrons. The summed E-state index contributed by atoms with van der Waals surface area (Å²) in [7, 11) is -0.524. The van der Waals surface area contributed by atoms with Crippen molar-refractivity contribution in [1.82, 2.24) is 9.62 Å². The van der Waals surface area contributed by atoms with Crippen LogP contribution in [0.2, 0.25) is 0 Å². The minimum atomic E-state index is -3.49. The second-order valence-electron chi connectivity index (χ2n) is 5.33. The van der Waals surface area contributed by atoms with Gasteiger partial charge in [0.25, 0.3) is 0 Å². The van der Waals surface area contributed by atoms with E-state index in [1.54, 1.807) is 12.1 Å². The molecular formula is C14H22ClN3O3S. The first-order chi connectivity index (χ1) is 9.91. The molecule has 0 aromatic heterocycles. The average Bonchev–Trinajstić information content (AvgIpc) is 2.48. The van der Waals surface area contributed by atoms with Gasteiger partial charge in [-0.3, -0.25) is 4.79 Å². The van der Waals surface area contributed by atoms with Crippen molar-refractivity contribution >= 4 is 34.0 Å². The van der Waals surface area contributed by atoms with Crippen molar-refractivity contribution < 1.29 is 13.2 Å². The zero-order valence-corrected chi connectivity index (χ0v) is 14.3. The molecule has 0 saturated carbocycles. The lowest BCUT2D eigenvalue weighted by molar-refractivity contribution is -0.120.